The number of hydrogen-bond donors (Lipinski definition) is 1. The molecule has 1 atom stereocenters. The van der Waals surface area contributed by atoms with E-state index < -0.39 is 14.1 Å². The Balaban J connectivity index is 1.73. The van der Waals surface area contributed by atoms with E-state index >= 15 is 0 Å². The van der Waals surface area contributed by atoms with Crippen molar-refractivity contribution in [1.82, 2.24) is 4.90 Å². The normalized spacial score (nSPS) is 17.3. The summed E-state index contributed by atoms with van der Waals surface area (Å²) in [6.45, 7) is 8.09. The van der Waals surface area contributed by atoms with Crippen LogP contribution in [-0.2, 0) is 22.5 Å². The van der Waals surface area contributed by atoms with E-state index in [4.69, 9.17) is 19.3 Å². The fraction of sp³-hybridized carbons (Fsp3) is 0.481. The van der Waals surface area contributed by atoms with Crippen molar-refractivity contribution in [3.05, 3.63) is 53.1 Å². The summed E-state index contributed by atoms with van der Waals surface area (Å²) in [7, 11) is 0.209. The summed E-state index contributed by atoms with van der Waals surface area (Å²) < 4.78 is 17.4. The van der Waals surface area contributed by atoms with Crippen molar-refractivity contribution < 1.29 is 28.9 Å². The van der Waals surface area contributed by atoms with Gasteiger partial charge in [0.25, 0.3) is 11.8 Å². The molecule has 2 amide bonds. The number of carbonyl (C=O) groups excluding carboxylic acids is 2. The highest BCUT2D eigenvalue weighted by atomic mass is 28.3. The number of methoxy groups -OCH3 is 1. The topological polar surface area (TPSA) is 88.5 Å². The lowest BCUT2D eigenvalue weighted by molar-refractivity contribution is -0.124. The van der Waals surface area contributed by atoms with Crippen LogP contribution in [0.25, 0.3) is 0 Å². The zero-order valence-electron chi connectivity index (χ0n) is 21.6. The number of aliphatic hydroxyl groups is 1. The van der Waals surface area contributed by atoms with Gasteiger partial charge in [-0.15, -0.1) is 0 Å². The number of fused-ring (bicyclic) bond motifs is 3. The van der Waals surface area contributed by atoms with Crippen LogP contribution in [0.1, 0.15) is 27.9 Å². The molecule has 1 unspecified atom stereocenters. The van der Waals surface area contributed by atoms with Gasteiger partial charge in [0.2, 0.25) is 0 Å². The van der Waals surface area contributed by atoms with E-state index in [2.05, 4.69) is 19.6 Å². The molecule has 8 nitrogen and oxygen atoms in total. The standard InChI is InChI=1S/C27H36N2O6Si/c1-33-24-15-21-22(16-25(24)35-11-7-10-30)29(18-34-12-13-36(2,3)4)27(32)23-14-19-8-5-6-9-20(19)17-28(23)26(21)31/h5-6,8-9,15-16,23,30H,7,10-14,17-18H2,1-4H3. The van der Waals surface area contributed by atoms with Gasteiger partial charge in [0, 0.05) is 46.7 Å². The Bertz CT molecular complexity index is 1120. The second kappa shape index (κ2) is 11.0. The summed E-state index contributed by atoms with van der Waals surface area (Å²) in [5, 5.41) is 9.15. The molecule has 0 spiro atoms. The van der Waals surface area contributed by atoms with Gasteiger partial charge >= 0.3 is 0 Å². The van der Waals surface area contributed by atoms with Gasteiger partial charge in [-0.25, -0.2) is 0 Å². The van der Waals surface area contributed by atoms with Gasteiger partial charge < -0.3 is 24.2 Å². The van der Waals surface area contributed by atoms with Crippen LogP contribution in [0, 0.1) is 0 Å². The molecule has 0 bridgehead atoms. The van der Waals surface area contributed by atoms with Crippen molar-refractivity contribution in [2.45, 2.75) is 51.1 Å². The first kappa shape index (κ1) is 26.2. The minimum absolute atomic E-state index is 0.00151. The molecular formula is C27H36N2O6Si. The summed E-state index contributed by atoms with van der Waals surface area (Å²) in [6.07, 6.45) is 0.910. The Kier molecular flexibility index (Phi) is 8.02. The SMILES string of the molecule is COc1cc2c(cc1OCCCO)N(COCC[Si](C)(C)C)C(=O)C1Cc3ccccc3CN1C2=O. The molecule has 36 heavy (non-hydrogen) atoms. The van der Waals surface area contributed by atoms with Crippen molar-refractivity contribution in [3.8, 4) is 11.5 Å². The fourth-order valence-corrected chi connectivity index (χ4v) is 5.30. The number of aliphatic hydroxyl groups excluding tert-OH is 1. The van der Waals surface area contributed by atoms with Gasteiger partial charge in [0.15, 0.2) is 11.5 Å². The van der Waals surface area contributed by atoms with Crippen molar-refractivity contribution in [2.75, 3.05) is 38.6 Å². The number of rotatable bonds is 10. The Morgan fingerprint density at radius 2 is 1.81 bits per heavy atom. The summed E-state index contributed by atoms with van der Waals surface area (Å²) >= 11 is 0. The largest absolute Gasteiger partial charge is 0.493 e. The van der Waals surface area contributed by atoms with Crippen molar-refractivity contribution in [2.24, 2.45) is 0 Å². The number of amides is 2. The Morgan fingerprint density at radius 1 is 1.06 bits per heavy atom. The highest BCUT2D eigenvalue weighted by Gasteiger charge is 2.42. The summed E-state index contributed by atoms with van der Waals surface area (Å²) in [5.41, 5.74) is 2.96. The molecule has 194 valence electrons. The Labute approximate surface area is 213 Å². The molecule has 4 rings (SSSR count). The molecule has 2 aliphatic rings. The van der Waals surface area contributed by atoms with Gasteiger partial charge in [-0.05, 0) is 23.2 Å². The monoisotopic (exact) mass is 512 g/mol. The lowest BCUT2D eigenvalue weighted by atomic mass is 9.93. The van der Waals surface area contributed by atoms with E-state index in [0.717, 1.165) is 17.2 Å². The maximum atomic E-state index is 14.0. The fourth-order valence-electron chi connectivity index (χ4n) is 4.54. The lowest BCUT2D eigenvalue weighted by Crippen LogP contribution is -2.51. The summed E-state index contributed by atoms with van der Waals surface area (Å²) in [4.78, 5) is 31.1. The second-order valence-electron chi connectivity index (χ2n) is 10.5. The maximum Gasteiger partial charge on any atom is 0.257 e. The van der Waals surface area contributed by atoms with Crippen LogP contribution < -0.4 is 14.4 Å². The van der Waals surface area contributed by atoms with Gasteiger partial charge in [-0.3, -0.25) is 14.5 Å². The van der Waals surface area contributed by atoms with Gasteiger partial charge in [-0.1, -0.05) is 43.9 Å². The Hall–Kier alpha value is -2.88. The van der Waals surface area contributed by atoms with Crippen LogP contribution in [-0.4, -0.2) is 69.6 Å². The van der Waals surface area contributed by atoms with E-state index in [-0.39, 0.29) is 31.8 Å². The van der Waals surface area contributed by atoms with Crippen LogP contribution in [0.5, 0.6) is 11.5 Å². The van der Waals surface area contributed by atoms with Gasteiger partial charge in [0.1, 0.15) is 12.8 Å². The number of nitrogens with zero attached hydrogens (tertiary/aromatic N) is 2. The molecule has 1 N–H and O–H groups in total. The zero-order valence-corrected chi connectivity index (χ0v) is 22.6. The second-order valence-corrected chi connectivity index (χ2v) is 16.1. The third-order valence-corrected chi connectivity index (χ3v) is 8.34. The van der Waals surface area contributed by atoms with Crippen LogP contribution in [0.3, 0.4) is 0 Å². The van der Waals surface area contributed by atoms with Crippen molar-refractivity contribution >= 4 is 25.6 Å². The minimum atomic E-state index is -1.31. The molecule has 0 radical (unpaired) electrons. The maximum absolute atomic E-state index is 14.0. The van der Waals surface area contributed by atoms with E-state index in [1.165, 1.54) is 7.11 Å². The first-order valence-corrected chi connectivity index (χ1v) is 16.2. The average molecular weight is 513 g/mol. The van der Waals surface area contributed by atoms with Gasteiger partial charge in [0.05, 0.1) is 25.0 Å². The molecule has 2 aromatic carbocycles. The third-order valence-electron chi connectivity index (χ3n) is 6.64. The number of hydrogen-bond acceptors (Lipinski definition) is 6. The predicted octanol–water partition coefficient (Wildman–Crippen LogP) is 3.68. The molecule has 2 aromatic rings. The quantitative estimate of drug-likeness (QED) is 0.386. The molecule has 9 heteroatoms. The predicted molar refractivity (Wildman–Crippen MR) is 140 cm³/mol. The number of benzene rings is 2. The molecule has 0 aromatic heterocycles. The number of carbonyl (C=O) groups is 2. The number of ether oxygens (including phenoxy) is 3. The molecule has 0 fully saturated rings. The molecule has 2 heterocycles. The van der Waals surface area contributed by atoms with Crippen LogP contribution >= 0.6 is 0 Å². The highest BCUT2D eigenvalue weighted by Crippen LogP contribution is 2.40. The summed E-state index contributed by atoms with van der Waals surface area (Å²) in [5.74, 6) is 0.433. The first-order chi connectivity index (χ1) is 17.2. The van der Waals surface area contributed by atoms with Crippen LogP contribution in [0.15, 0.2) is 36.4 Å². The molecule has 0 saturated carbocycles. The van der Waals surface area contributed by atoms with Crippen LogP contribution in [0.4, 0.5) is 5.69 Å². The molecule has 2 aliphatic heterocycles. The van der Waals surface area contributed by atoms with Crippen molar-refractivity contribution in [3.63, 3.8) is 0 Å². The molecule has 0 saturated heterocycles. The Morgan fingerprint density at radius 3 is 2.50 bits per heavy atom. The average Bonchev–Trinajstić information content (AvgIpc) is 2.93. The lowest BCUT2D eigenvalue weighted by Gasteiger charge is -2.35. The van der Waals surface area contributed by atoms with E-state index in [9.17, 15) is 9.59 Å². The summed E-state index contributed by atoms with van der Waals surface area (Å²) in [6, 6.07) is 11.6. The van der Waals surface area contributed by atoms with E-state index in [1.54, 1.807) is 21.9 Å². The van der Waals surface area contributed by atoms with E-state index in [0.29, 0.717) is 48.7 Å². The van der Waals surface area contributed by atoms with Crippen LogP contribution in [0.2, 0.25) is 25.7 Å². The molecule has 0 aliphatic carbocycles. The highest BCUT2D eigenvalue weighted by molar-refractivity contribution is 6.76. The third kappa shape index (κ3) is 5.58. The van der Waals surface area contributed by atoms with E-state index in [1.807, 2.05) is 24.3 Å². The zero-order chi connectivity index (χ0) is 25.9. The van der Waals surface area contributed by atoms with Crippen molar-refractivity contribution in [1.29, 1.82) is 0 Å². The molecular weight excluding hydrogens is 476 g/mol. The van der Waals surface area contributed by atoms with Gasteiger partial charge in [-0.2, -0.15) is 0 Å². The minimum Gasteiger partial charge on any atom is -0.493 e. The first-order valence-electron chi connectivity index (χ1n) is 12.5. The number of anilines is 1. The smallest absolute Gasteiger partial charge is 0.257 e.